The first-order chi connectivity index (χ1) is 28.4. The number of para-hydroxylation sites is 3. The van der Waals surface area contributed by atoms with Crippen LogP contribution in [0.15, 0.2) is 199 Å². The molecule has 0 radical (unpaired) electrons. The van der Waals surface area contributed by atoms with Gasteiger partial charge >= 0.3 is 0 Å². The van der Waals surface area contributed by atoms with Gasteiger partial charge in [-0.05, 0) is 119 Å². The van der Waals surface area contributed by atoms with E-state index >= 15 is 0 Å². The highest BCUT2D eigenvalue weighted by Crippen LogP contribution is 2.39. The van der Waals surface area contributed by atoms with E-state index in [1.54, 1.807) is 0 Å². The third kappa shape index (κ3) is 7.77. The first-order valence-electron chi connectivity index (χ1n) is 20.0. The predicted molar refractivity (Wildman–Crippen MR) is 254 cm³/mol. The molecule has 0 aliphatic carbocycles. The number of benzene rings is 8. The second-order valence-corrected chi connectivity index (χ2v) is 15.7. The number of hydrogen-bond donors (Lipinski definition) is 0. The molecule has 58 heavy (non-hydrogen) atoms. The minimum atomic E-state index is 0.720. The summed E-state index contributed by atoms with van der Waals surface area (Å²) in [6.07, 6.45) is 1.14. The Bertz CT molecular complexity index is 3010. The minimum absolute atomic E-state index is 0.720. The molecule has 0 spiro atoms. The van der Waals surface area contributed by atoms with Gasteiger partial charge in [-0.3, -0.25) is 0 Å². The van der Waals surface area contributed by atoms with Crippen molar-refractivity contribution in [2.75, 3.05) is 6.66 Å². The summed E-state index contributed by atoms with van der Waals surface area (Å²) in [4.78, 5) is 0. The van der Waals surface area contributed by atoms with Gasteiger partial charge in [0, 0.05) is 27.2 Å². The number of aryl methyl sites for hydroxylation is 3. The zero-order chi connectivity index (χ0) is 40.0. The van der Waals surface area contributed by atoms with Crippen molar-refractivity contribution >= 4 is 57.6 Å². The summed E-state index contributed by atoms with van der Waals surface area (Å²) in [7, 11) is 0.720. The normalized spacial score (nSPS) is 11.2. The smallest absolute Gasteiger partial charge is 0.136 e. The lowest BCUT2D eigenvalue weighted by Gasteiger charge is -2.13. The Hall–Kier alpha value is -6.47. The van der Waals surface area contributed by atoms with Gasteiger partial charge in [-0.15, -0.1) is 0 Å². The molecule has 10 rings (SSSR count). The number of rotatable bonds is 6. The summed E-state index contributed by atoms with van der Waals surface area (Å²) in [5, 5.41) is 6.12. The van der Waals surface area contributed by atoms with Crippen LogP contribution in [0.25, 0.3) is 77.0 Å². The summed E-state index contributed by atoms with van der Waals surface area (Å²) >= 11 is 0. The largest absolute Gasteiger partial charge is 0.456 e. The number of furan rings is 1. The van der Waals surface area contributed by atoms with Crippen LogP contribution < -0.4 is 0 Å². The molecule has 2 heterocycles. The van der Waals surface area contributed by atoms with Crippen LogP contribution in [-0.4, -0.2) is 11.2 Å². The fraction of sp³-hybridized carbons (Fsp3) is 0.0909. The first kappa shape index (κ1) is 38.4. The average Bonchev–Trinajstić information content (AvgIpc) is 3.83. The van der Waals surface area contributed by atoms with Crippen LogP contribution in [0.5, 0.6) is 0 Å². The molecule has 1 unspecified atom stereocenters. The quantitative estimate of drug-likeness (QED) is 0.154. The molecule has 0 aliphatic heterocycles. The van der Waals surface area contributed by atoms with Gasteiger partial charge in [0.15, 0.2) is 0 Å². The molecule has 0 aliphatic rings. The average molecular weight is 770 g/mol. The summed E-state index contributed by atoms with van der Waals surface area (Å²) in [6, 6.07) is 66.5. The van der Waals surface area contributed by atoms with Crippen molar-refractivity contribution in [1.82, 2.24) is 4.57 Å². The number of hydrogen-bond acceptors (Lipinski definition) is 1. The molecule has 3 heteroatoms. The lowest BCUT2D eigenvalue weighted by atomic mass is 9.92. The monoisotopic (exact) mass is 769 g/mol. The SMILES string of the molecule is C=C(PC)c1cccc2oc3ccccc3c12.CCc1ccccc1.Cc1ccccc1-c1cc(-c2ccc3c4ccccc4n(-c4ccccc4)c3c2)ccc1C. The van der Waals surface area contributed by atoms with Crippen LogP contribution in [0.2, 0.25) is 0 Å². The molecule has 0 amide bonds. The molecular weight excluding hydrogens is 722 g/mol. The molecule has 0 fully saturated rings. The van der Waals surface area contributed by atoms with Crippen LogP contribution in [0, 0.1) is 13.8 Å². The maximum Gasteiger partial charge on any atom is 0.136 e. The molecule has 8 aromatic carbocycles. The van der Waals surface area contributed by atoms with Gasteiger partial charge in [0.05, 0.1) is 11.0 Å². The molecule has 10 aromatic rings. The predicted octanol–water partition coefficient (Wildman–Crippen LogP) is 15.8. The number of aromatic nitrogens is 1. The van der Waals surface area contributed by atoms with E-state index in [1.807, 2.05) is 36.4 Å². The van der Waals surface area contributed by atoms with E-state index in [2.05, 4.69) is 190 Å². The molecule has 0 saturated carbocycles. The Kier molecular flexibility index (Phi) is 11.5. The van der Waals surface area contributed by atoms with Gasteiger partial charge in [0.1, 0.15) is 11.2 Å². The van der Waals surface area contributed by atoms with Gasteiger partial charge in [-0.25, -0.2) is 0 Å². The van der Waals surface area contributed by atoms with Crippen molar-refractivity contribution in [3.05, 3.63) is 217 Å². The van der Waals surface area contributed by atoms with Gasteiger partial charge in [0.2, 0.25) is 0 Å². The van der Waals surface area contributed by atoms with Gasteiger partial charge in [-0.1, -0.05) is 168 Å². The van der Waals surface area contributed by atoms with Gasteiger partial charge in [0.25, 0.3) is 0 Å². The van der Waals surface area contributed by atoms with Crippen molar-refractivity contribution in [2.24, 2.45) is 0 Å². The third-order valence-corrected chi connectivity index (χ3v) is 11.8. The van der Waals surface area contributed by atoms with Crippen LogP contribution in [0.1, 0.15) is 29.2 Å². The summed E-state index contributed by atoms with van der Waals surface area (Å²) in [5.74, 6) is 0. The highest BCUT2D eigenvalue weighted by Gasteiger charge is 2.15. The minimum Gasteiger partial charge on any atom is -0.456 e. The topological polar surface area (TPSA) is 18.1 Å². The van der Waals surface area contributed by atoms with Crippen molar-refractivity contribution in [1.29, 1.82) is 0 Å². The summed E-state index contributed by atoms with van der Waals surface area (Å²) in [5.41, 5.74) is 15.9. The van der Waals surface area contributed by atoms with Crippen molar-refractivity contribution in [2.45, 2.75) is 27.2 Å². The fourth-order valence-electron chi connectivity index (χ4n) is 7.85. The molecule has 0 N–H and O–H groups in total. The molecule has 0 saturated heterocycles. The number of fused-ring (bicyclic) bond motifs is 6. The zero-order valence-electron chi connectivity index (χ0n) is 33.7. The standard InChI is InChI=1S/C32H25N.C15H13OP.C8H10/c1-22-10-6-7-13-27(22)30-20-24(17-16-23(30)2)25-18-19-29-28-14-8-9-15-31(28)33(32(29)21-25)26-11-4-3-5-12-26;1-10(17-2)11-7-5-9-14-15(11)12-6-3-4-8-13(12)16-14;1-2-8-6-4-3-5-7-8/h3-21H,1-2H3;3-9,17H,1H2,2H3;3-7H,2H2,1H3. The molecule has 0 bridgehead atoms. The van der Waals surface area contributed by atoms with E-state index in [9.17, 15) is 0 Å². The van der Waals surface area contributed by atoms with Crippen LogP contribution in [0.3, 0.4) is 0 Å². The van der Waals surface area contributed by atoms with Crippen LogP contribution in [0.4, 0.5) is 0 Å². The van der Waals surface area contributed by atoms with Crippen LogP contribution in [-0.2, 0) is 6.42 Å². The second kappa shape index (κ2) is 17.3. The summed E-state index contributed by atoms with van der Waals surface area (Å²) in [6.45, 7) is 12.9. The van der Waals surface area contributed by atoms with Crippen molar-refractivity contribution < 1.29 is 4.42 Å². The number of nitrogens with zero attached hydrogens (tertiary/aromatic N) is 1. The molecule has 2 aromatic heterocycles. The van der Waals surface area contributed by atoms with Gasteiger partial charge in [-0.2, -0.15) is 0 Å². The second-order valence-electron chi connectivity index (χ2n) is 14.6. The lowest BCUT2D eigenvalue weighted by molar-refractivity contribution is 0.669. The van der Waals surface area contributed by atoms with Crippen molar-refractivity contribution in [3.63, 3.8) is 0 Å². The molecule has 1 atom stereocenters. The van der Waals surface area contributed by atoms with E-state index in [-0.39, 0.29) is 0 Å². The third-order valence-electron chi connectivity index (χ3n) is 11.0. The van der Waals surface area contributed by atoms with Crippen molar-refractivity contribution in [3.8, 4) is 27.9 Å². The maximum absolute atomic E-state index is 5.85. The van der Waals surface area contributed by atoms with E-state index in [4.69, 9.17) is 4.42 Å². The Morgan fingerprint density at radius 1 is 0.534 bits per heavy atom. The Morgan fingerprint density at radius 2 is 1.14 bits per heavy atom. The lowest BCUT2D eigenvalue weighted by Crippen LogP contribution is -1.93. The van der Waals surface area contributed by atoms with E-state index in [0.717, 1.165) is 26.2 Å². The van der Waals surface area contributed by atoms with E-state index in [0.29, 0.717) is 0 Å². The van der Waals surface area contributed by atoms with Crippen LogP contribution >= 0.6 is 8.58 Å². The highest BCUT2D eigenvalue weighted by atomic mass is 31.1. The zero-order valence-corrected chi connectivity index (χ0v) is 34.7. The molecule has 2 nitrogen and oxygen atoms in total. The Morgan fingerprint density at radius 3 is 1.88 bits per heavy atom. The fourth-order valence-corrected chi connectivity index (χ4v) is 8.32. The highest BCUT2D eigenvalue weighted by molar-refractivity contribution is 7.49. The molecular formula is C55H48NOP. The van der Waals surface area contributed by atoms with E-state index in [1.165, 1.54) is 88.1 Å². The Balaban J connectivity index is 0.000000155. The Labute approximate surface area is 343 Å². The van der Waals surface area contributed by atoms with E-state index < -0.39 is 0 Å². The maximum atomic E-state index is 5.85. The van der Waals surface area contributed by atoms with Gasteiger partial charge < -0.3 is 8.98 Å². The molecule has 284 valence electrons. The first-order valence-corrected chi connectivity index (χ1v) is 21.5. The summed E-state index contributed by atoms with van der Waals surface area (Å²) < 4.78 is 8.23.